The predicted octanol–water partition coefficient (Wildman–Crippen LogP) is 2.82. The van der Waals surface area contributed by atoms with Crippen molar-refractivity contribution in [3.63, 3.8) is 0 Å². The fourth-order valence-corrected chi connectivity index (χ4v) is 3.21. The standard InChI is InChI=1S/C16H27N3/c1-3-18-15-7-5-4-6-8-16(15)19(2)13-14-9-11-17-12-10-14/h9-12,15-16,18H,3-8,13H2,1-2H3. The molecule has 0 spiro atoms. The van der Waals surface area contributed by atoms with Gasteiger partial charge in [-0.1, -0.05) is 26.2 Å². The molecule has 0 aliphatic heterocycles. The van der Waals surface area contributed by atoms with E-state index in [9.17, 15) is 0 Å². The van der Waals surface area contributed by atoms with Gasteiger partial charge in [0.15, 0.2) is 0 Å². The van der Waals surface area contributed by atoms with E-state index in [1.165, 1.54) is 37.7 Å². The van der Waals surface area contributed by atoms with E-state index < -0.39 is 0 Å². The Bertz CT molecular complexity index is 352. The lowest BCUT2D eigenvalue weighted by Gasteiger charge is -2.34. The molecule has 1 aromatic rings. The number of aromatic nitrogens is 1. The molecular formula is C16H27N3. The fraction of sp³-hybridized carbons (Fsp3) is 0.688. The smallest absolute Gasteiger partial charge is 0.0271 e. The lowest BCUT2D eigenvalue weighted by atomic mass is 10.0. The number of nitrogens with one attached hydrogen (secondary N) is 1. The highest BCUT2D eigenvalue weighted by atomic mass is 15.2. The van der Waals surface area contributed by atoms with Gasteiger partial charge >= 0.3 is 0 Å². The summed E-state index contributed by atoms with van der Waals surface area (Å²) in [5.74, 6) is 0. The molecule has 2 atom stereocenters. The van der Waals surface area contributed by atoms with E-state index in [-0.39, 0.29) is 0 Å². The van der Waals surface area contributed by atoms with Crippen LogP contribution in [0.25, 0.3) is 0 Å². The van der Waals surface area contributed by atoms with Crippen LogP contribution in [0.2, 0.25) is 0 Å². The van der Waals surface area contributed by atoms with Gasteiger partial charge in [-0.05, 0) is 44.1 Å². The Balaban J connectivity index is 1.99. The molecule has 0 aromatic carbocycles. The lowest BCUT2D eigenvalue weighted by Crippen LogP contribution is -2.47. The second-order valence-corrected chi connectivity index (χ2v) is 5.64. The minimum atomic E-state index is 0.652. The molecule has 1 aromatic heterocycles. The maximum Gasteiger partial charge on any atom is 0.0271 e. The molecule has 0 saturated heterocycles. The maximum absolute atomic E-state index is 4.09. The Morgan fingerprint density at radius 2 is 1.95 bits per heavy atom. The zero-order valence-corrected chi connectivity index (χ0v) is 12.3. The largest absolute Gasteiger partial charge is 0.313 e. The van der Waals surface area contributed by atoms with Crippen LogP contribution in [0, 0.1) is 0 Å². The second-order valence-electron chi connectivity index (χ2n) is 5.64. The van der Waals surface area contributed by atoms with Gasteiger partial charge < -0.3 is 5.32 Å². The van der Waals surface area contributed by atoms with Gasteiger partial charge in [0.2, 0.25) is 0 Å². The minimum Gasteiger partial charge on any atom is -0.313 e. The molecule has 1 N–H and O–H groups in total. The molecule has 1 saturated carbocycles. The number of nitrogens with zero attached hydrogens (tertiary/aromatic N) is 2. The first-order chi connectivity index (χ1) is 9.31. The molecule has 0 amide bonds. The van der Waals surface area contributed by atoms with Gasteiger partial charge in [0.05, 0.1) is 0 Å². The van der Waals surface area contributed by atoms with Gasteiger partial charge in [-0.25, -0.2) is 0 Å². The maximum atomic E-state index is 4.09. The predicted molar refractivity (Wildman–Crippen MR) is 80.0 cm³/mol. The van der Waals surface area contributed by atoms with E-state index in [4.69, 9.17) is 0 Å². The van der Waals surface area contributed by atoms with E-state index in [1.807, 2.05) is 12.4 Å². The third kappa shape index (κ3) is 4.29. The van der Waals surface area contributed by atoms with Gasteiger partial charge in [0.25, 0.3) is 0 Å². The zero-order valence-electron chi connectivity index (χ0n) is 12.3. The first-order valence-corrected chi connectivity index (χ1v) is 7.63. The molecule has 2 rings (SSSR count). The molecule has 0 bridgehead atoms. The van der Waals surface area contributed by atoms with Crippen molar-refractivity contribution in [2.24, 2.45) is 0 Å². The molecule has 1 heterocycles. The first-order valence-electron chi connectivity index (χ1n) is 7.63. The number of rotatable bonds is 5. The molecule has 3 nitrogen and oxygen atoms in total. The quantitative estimate of drug-likeness (QED) is 0.826. The summed E-state index contributed by atoms with van der Waals surface area (Å²) in [7, 11) is 2.26. The summed E-state index contributed by atoms with van der Waals surface area (Å²) >= 11 is 0. The van der Waals surface area contributed by atoms with E-state index >= 15 is 0 Å². The number of likely N-dealkylation sites (N-methyl/N-ethyl adjacent to an activating group) is 2. The average Bonchev–Trinajstić information content (AvgIpc) is 2.66. The average molecular weight is 261 g/mol. The van der Waals surface area contributed by atoms with Crippen LogP contribution in [0.4, 0.5) is 0 Å². The summed E-state index contributed by atoms with van der Waals surface area (Å²) < 4.78 is 0. The summed E-state index contributed by atoms with van der Waals surface area (Å²) in [5, 5.41) is 3.69. The van der Waals surface area contributed by atoms with E-state index in [0.29, 0.717) is 12.1 Å². The third-order valence-electron chi connectivity index (χ3n) is 4.19. The molecule has 0 radical (unpaired) electrons. The van der Waals surface area contributed by atoms with Crippen LogP contribution in [-0.4, -0.2) is 35.6 Å². The summed E-state index contributed by atoms with van der Waals surface area (Å²) in [5.41, 5.74) is 1.36. The SMILES string of the molecule is CCNC1CCCCCC1N(C)Cc1ccncc1. The van der Waals surface area contributed by atoms with Crippen LogP contribution in [0.15, 0.2) is 24.5 Å². The molecule has 1 aliphatic carbocycles. The van der Waals surface area contributed by atoms with Crippen molar-refractivity contribution >= 4 is 0 Å². The van der Waals surface area contributed by atoms with Crippen molar-refractivity contribution in [1.29, 1.82) is 0 Å². The summed E-state index contributed by atoms with van der Waals surface area (Å²) in [6, 6.07) is 5.56. The fourth-order valence-electron chi connectivity index (χ4n) is 3.21. The second kappa shape index (κ2) is 7.61. The van der Waals surface area contributed by atoms with Gasteiger partial charge in [-0.3, -0.25) is 9.88 Å². The zero-order chi connectivity index (χ0) is 13.5. The summed E-state index contributed by atoms with van der Waals surface area (Å²) in [4.78, 5) is 6.62. The number of pyridine rings is 1. The van der Waals surface area contributed by atoms with Crippen LogP contribution in [-0.2, 0) is 6.54 Å². The molecule has 1 fully saturated rings. The van der Waals surface area contributed by atoms with Crippen LogP contribution < -0.4 is 5.32 Å². The third-order valence-corrected chi connectivity index (χ3v) is 4.19. The Labute approximate surface area is 117 Å². The van der Waals surface area contributed by atoms with Crippen molar-refractivity contribution in [3.05, 3.63) is 30.1 Å². The van der Waals surface area contributed by atoms with Crippen molar-refractivity contribution in [3.8, 4) is 0 Å². The monoisotopic (exact) mass is 261 g/mol. The van der Waals surface area contributed by atoms with Crippen molar-refractivity contribution in [2.75, 3.05) is 13.6 Å². The van der Waals surface area contributed by atoms with Gasteiger partial charge in [0, 0.05) is 31.0 Å². The normalized spacial score (nSPS) is 24.4. The molecular weight excluding hydrogens is 234 g/mol. The Hall–Kier alpha value is -0.930. The van der Waals surface area contributed by atoms with Crippen molar-refractivity contribution in [2.45, 2.75) is 57.7 Å². The Morgan fingerprint density at radius 1 is 1.21 bits per heavy atom. The Kier molecular flexibility index (Phi) is 5.80. The number of hydrogen-bond donors (Lipinski definition) is 1. The highest BCUT2D eigenvalue weighted by Gasteiger charge is 2.26. The summed E-state index contributed by atoms with van der Waals surface area (Å²) in [6.45, 7) is 4.31. The van der Waals surface area contributed by atoms with Crippen LogP contribution in [0.1, 0.15) is 44.6 Å². The van der Waals surface area contributed by atoms with Gasteiger partial charge in [-0.2, -0.15) is 0 Å². The topological polar surface area (TPSA) is 28.2 Å². The molecule has 2 unspecified atom stereocenters. The molecule has 106 valence electrons. The molecule has 19 heavy (non-hydrogen) atoms. The van der Waals surface area contributed by atoms with Gasteiger partial charge in [-0.15, -0.1) is 0 Å². The molecule has 3 heteroatoms. The van der Waals surface area contributed by atoms with Crippen LogP contribution in [0.5, 0.6) is 0 Å². The number of hydrogen-bond acceptors (Lipinski definition) is 3. The van der Waals surface area contributed by atoms with Crippen molar-refractivity contribution < 1.29 is 0 Å². The lowest BCUT2D eigenvalue weighted by molar-refractivity contribution is 0.175. The Morgan fingerprint density at radius 3 is 2.68 bits per heavy atom. The minimum absolute atomic E-state index is 0.652. The first kappa shape index (κ1) is 14.5. The van der Waals surface area contributed by atoms with E-state index in [2.05, 4.69) is 41.3 Å². The highest BCUT2D eigenvalue weighted by Crippen LogP contribution is 2.23. The highest BCUT2D eigenvalue weighted by molar-refractivity contribution is 5.09. The summed E-state index contributed by atoms with van der Waals surface area (Å²) in [6.07, 6.45) is 10.5. The van der Waals surface area contributed by atoms with Crippen LogP contribution >= 0.6 is 0 Å². The van der Waals surface area contributed by atoms with Crippen molar-refractivity contribution in [1.82, 2.24) is 15.2 Å². The van der Waals surface area contributed by atoms with E-state index in [1.54, 1.807) is 0 Å². The van der Waals surface area contributed by atoms with Gasteiger partial charge in [0.1, 0.15) is 0 Å². The van der Waals surface area contributed by atoms with Crippen LogP contribution in [0.3, 0.4) is 0 Å². The molecule has 1 aliphatic rings. The van der Waals surface area contributed by atoms with E-state index in [0.717, 1.165) is 13.1 Å².